The summed E-state index contributed by atoms with van der Waals surface area (Å²) in [6.45, 7) is 1.72. The number of aromatic nitrogens is 3. The molecule has 0 unspecified atom stereocenters. The molecule has 0 atom stereocenters. The lowest BCUT2D eigenvalue weighted by Gasteiger charge is -2.13. The zero-order valence-corrected chi connectivity index (χ0v) is 7.68. The van der Waals surface area contributed by atoms with Crippen LogP contribution in [-0.2, 0) is 13.0 Å². The van der Waals surface area contributed by atoms with Gasteiger partial charge in [0.1, 0.15) is 5.82 Å². The zero-order valence-electron chi connectivity index (χ0n) is 6.86. The molecule has 0 saturated heterocycles. The highest BCUT2D eigenvalue weighted by molar-refractivity contribution is 7.99. The monoisotopic (exact) mass is 184 g/mol. The zero-order chi connectivity index (χ0) is 8.39. The first-order valence-corrected chi connectivity index (χ1v) is 5.15. The summed E-state index contributed by atoms with van der Waals surface area (Å²) < 4.78 is 2.18. The summed E-state index contributed by atoms with van der Waals surface area (Å²) in [4.78, 5) is 0. The Hall–Kier alpha value is -0.550. The summed E-state index contributed by atoms with van der Waals surface area (Å²) >= 11 is 1.78. The first-order chi connectivity index (χ1) is 5.92. The molecule has 1 aliphatic rings. The lowest BCUT2D eigenvalue weighted by Crippen LogP contribution is -2.13. The Labute approximate surface area is 75.5 Å². The molecule has 0 aromatic carbocycles. The van der Waals surface area contributed by atoms with Gasteiger partial charge in [0.05, 0.1) is 0 Å². The van der Waals surface area contributed by atoms with Gasteiger partial charge in [0.2, 0.25) is 0 Å². The van der Waals surface area contributed by atoms with Gasteiger partial charge in [-0.3, -0.25) is 0 Å². The van der Waals surface area contributed by atoms with Crippen LogP contribution in [0, 0.1) is 0 Å². The number of fused-ring (bicyclic) bond motifs is 1. The molecule has 66 valence electrons. The second kappa shape index (κ2) is 3.45. The topological polar surface area (TPSA) is 56.7 Å². The van der Waals surface area contributed by atoms with Crippen molar-refractivity contribution >= 4 is 11.8 Å². The molecular formula is C7H12N4S. The van der Waals surface area contributed by atoms with Crippen molar-refractivity contribution < 1.29 is 0 Å². The van der Waals surface area contributed by atoms with E-state index in [9.17, 15) is 0 Å². The lowest BCUT2D eigenvalue weighted by atomic mass is 10.4. The van der Waals surface area contributed by atoms with E-state index in [1.54, 1.807) is 11.8 Å². The minimum Gasteiger partial charge on any atom is -0.330 e. The number of thioether (sulfide) groups is 1. The maximum absolute atomic E-state index is 5.46. The SMILES string of the molecule is NCCc1nnc2n1CCCS2. The van der Waals surface area contributed by atoms with E-state index in [0.29, 0.717) is 6.54 Å². The van der Waals surface area contributed by atoms with Crippen LogP contribution in [0.5, 0.6) is 0 Å². The van der Waals surface area contributed by atoms with E-state index in [1.807, 2.05) is 0 Å². The summed E-state index contributed by atoms with van der Waals surface area (Å²) in [7, 11) is 0. The fourth-order valence-electron chi connectivity index (χ4n) is 1.35. The Balaban J connectivity index is 2.25. The largest absolute Gasteiger partial charge is 0.330 e. The minimum absolute atomic E-state index is 0.656. The molecule has 1 aromatic heterocycles. The smallest absolute Gasteiger partial charge is 0.191 e. The molecule has 0 amide bonds. The predicted octanol–water partition coefficient (Wildman–Crippen LogP) is 0.275. The van der Waals surface area contributed by atoms with Crippen LogP contribution in [0.3, 0.4) is 0 Å². The molecule has 0 bridgehead atoms. The minimum atomic E-state index is 0.656. The Kier molecular flexibility index (Phi) is 2.32. The van der Waals surface area contributed by atoms with E-state index < -0.39 is 0 Å². The van der Waals surface area contributed by atoms with E-state index in [1.165, 1.54) is 12.2 Å². The predicted molar refractivity (Wildman–Crippen MR) is 48.1 cm³/mol. The molecule has 1 aliphatic heterocycles. The van der Waals surface area contributed by atoms with Crippen molar-refractivity contribution in [1.29, 1.82) is 0 Å². The molecule has 2 heterocycles. The fourth-order valence-corrected chi connectivity index (χ4v) is 2.26. The maximum Gasteiger partial charge on any atom is 0.191 e. The van der Waals surface area contributed by atoms with Crippen molar-refractivity contribution in [2.45, 2.75) is 24.5 Å². The lowest BCUT2D eigenvalue weighted by molar-refractivity contribution is 0.579. The van der Waals surface area contributed by atoms with E-state index in [-0.39, 0.29) is 0 Å². The summed E-state index contributed by atoms with van der Waals surface area (Å²) in [5.41, 5.74) is 5.46. The number of hydrogen-bond donors (Lipinski definition) is 1. The molecule has 4 nitrogen and oxygen atoms in total. The third kappa shape index (κ3) is 1.34. The maximum atomic E-state index is 5.46. The van der Waals surface area contributed by atoms with Crippen molar-refractivity contribution in [2.24, 2.45) is 5.73 Å². The van der Waals surface area contributed by atoms with E-state index >= 15 is 0 Å². The van der Waals surface area contributed by atoms with Gasteiger partial charge in [-0.15, -0.1) is 10.2 Å². The molecule has 0 fully saturated rings. The molecule has 0 saturated carbocycles. The Morgan fingerprint density at radius 2 is 2.42 bits per heavy atom. The first kappa shape index (κ1) is 8.07. The second-order valence-electron chi connectivity index (χ2n) is 2.79. The van der Waals surface area contributed by atoms with Crippen LogP contribution in [0.4, 0.5) is 0 Å². The summed E-state index contributed by atoms with van der Waals surface area (Å²) in [5.74, 6) is 2.21. The van der Waals surface area contributed by atoms with E-state index in [2.05, 4.69) is 14.8 Å². The average molecular weight is 184 g/mol. The standard InChI is InChI=1S/C7H12N4S/c8-3-2-6-9-10-7-11(6)4-1-5-12-7/h1-5,8H2. The van der Waals surface area contributed by atoms with E-state index in [0.717, 1.165) is 23.9 Å². The third-order valence-electron chi connectivity index (χ3n) is 1.92. The highest BCUT2D eigenvalue weighted by atomic mass is 32.2. The Bertz CT molecular complexity index is 270. The van der Waals surface area contributed by atoms with Gasteiger partial charge >= 0.3 is 0 Å². The van der Waals surface area contributed by atoms with Gasteiger partial charge in [0.25, 0.3) is 0 Å². The average Bonchev–Trinajstić information content (AvgIpc) is 2.50. The van der Waals surface area contributed by atoms with Crippen LogP contribution in [0.1, 0.15) is 12.2 Å². The van der Waals surface area contributed by atoms with Crippen molar-refractivity contribution in [1.82, 2.24) is 14.8 Å². The van der Waals surface area contributed by atoms with Crippen molar-refractivity contribution in [3.05, 3.63) is 5.82 Å². The Morgan fingerprint density at radius 1 is 1.50 bits per heavy atom. The van der Waals surface area contributed by atoms with Crippen LogP contribution in [0.2, 0.25) is 0 Å². The first-order valence-electron chi connectivity index (χ1n) is 4.17. The second-order valence-corrected chi connectivity index (χ2v) is 3.85. The molecule has 0 radical (unpaired) electrons. The van der Waals surface area contributed by atoms with E-state index in [4.69, 9.17) is 5.73 Å². The summed E-state index contributed by atoms with van der Waals surface area (Å²) in [6.07, 6.45) is 2.06. The number of rotatable bonds is 2. The summed E-state index contributed by atoms with van der Waals surface area (Å²) in [6, 6.07) is 0. The van der Waals surface area contributed by atoms with Gasteiger partial charge < -0.3 is 10.3 Å². The third-order valence-corrected chi connectivity index (χ3v) is 2.97. The molecule has 0 spiro atoms. The Morgan fingerprint density at radius 3 is 3.25 bits per heavy atom. The molecule has 2 rings (SSSR count). The molecule has 1 aromatic rings. The van der Waals surface area contributed by atoms with Crippen LogP contribution < -0.4 is 5.73 Å². The van der Waals surface area contributed by atoms with Crippen molar-refractivity contribution in [2.75, 3.05) is 12.3 Å². The molecule has 12 heavy (non-hydrogen) atoms. The summed E-state index contributed by atoms with van der Waals surface area (Å²) in [5, 5.41) is 9.26. The van der Waals surface area contributed by atoms with Crippen LogP contribution in [-0.4, -0.2) is 27.1 Å². The van der Waals surface area contributed by atoms with Crippen LogP contribution >= 0.6 is 11.8 Å². The van der Waals surface area contributed by atoms with Gasteiger partial charge in [-0.1, -0.05) is 11.8 Å². The van der Waals surface area contributed by atoms with Crippen molar-refractivity contribution in [3.63, 3.8) is 0 Å². The highest BCUT2D eigenvalue weighted by Gasteiger charge is 2.14. The number of nitrogens with zero attached hydrogens (tertiary/aromatic N) is 3. The quantitative estimate of drug-likeness (QED) is 0.717. The van der Waals surface area contributed by atoms with Gasteiger partial charge in [-0.25, -0.2) is 0 Å². The van der Waals surface area contributed by atoms with Crippen molar-refractivity contribution in [3.8, 4) is 0 Å². The normalized spacial score (nSPS) is 16.1. The molecule has 5 heteroatoms. The van der Waals surface area contributed by atoms with Gasteiger partial charge in [-0.2, -0.15) is 0 Å². The number of nitrogens with two attached hydrogens (primary N) is 1. The number of hydrogen-bond acceptors (Lipinski definition) is 4. The molecule has 0 aliphatic carbocycles. The molecule has 2 N–H and O–H groups in total. The van der Waals surface area contributed by atoms with Crippen LogP contribution in [0.25, 0.3) is 0 Å². The van der Waals surface area contributed by atoms with Crippen LogP contribution in [0.15, 0.2) is 5.16 Å². The van der Waals surface area contributed by atoms with Gasteiger partial charge in [0, 0.05) is 18.7 Å². The van der Waals surface area contributed by atoms with Gasteiger partial charge in [-0.05, 0) is 13.0 Å². The molecular weight excluding hydrogens is 172 g/mol. The van der Waals surface area contributed by atoms with Gasteiger partial charge in [0.15, 0.2) is 5.16 Å². The highest BCUT2D eigenvalue weighted by Crippen LogP contribution is 2.23. The fraction of sp³-hybridized carbons (Fsp3) is 0.714.